The van der Waals surface area contributed by atoms with Crippen molar-refractivity contribution in [3.05, 3.63) is 74.7 Å². The second-order valence-corrected chi connectivity index (χ2v) is 9.39. The predicted octanol–water partition coefficient (Wildman–Crippen LogP) is 3.24. The van der Waals surface area contributed by atoms with Crippen LogP contribution in [-0.4, -0.2) is 37.3 Å². The highest BCUT2D eigenvalue weighted by Gasteiger charge is 2.25. The Labute approximate surface area is 192 Å². The Morgan fingerprint density at radius 2 is 1.75 bits per heavy atom. The number of non-ortho nitro benzene ring substituents is 1. The van der Waals surface area contributed by atoms with Crippen LogP contribution in [0.2, 0.25) is 0 Å². The van der Waals surface area contributed by atoms with Crippen molar-refractivity contribution in [3.8, 4) is 11.4 Å². The predicted molar refractivity (Wildman–Crippen MR) is 124 cm³/mol. The number of aromatic nitrogens is 4. The molecule has 0 saturated heterocycles. The zero-order valence-corrected chi connectivity index (χ0v) is 18.8. The summed E-state index contributed by atoms with van der Waals surface area (Å²) in [6, 6.07) is 11.8. The van der Waals surface area contributed by atoms with Gasteiger partial charge in [-0.1, -0.05) is 29.9 Å². The van der Waals surface area contributed by atoms with E-state index >= 15 is 0 Å². The van der Waals surface area contributed by atoms with Crippen molar-refractivity contribution in [1.29, 1.82) is 0 Å². The summed E-state index contributed by atoms with van der Waals surface area (Å²) in [6.45, 7) is 1.84. The maximum Gasteiger partial charge on any atom is 0.271 e. The number of rotatable bonds is 5. The first-order valence-corrected chi connectivity index (χ1v) is 11.2. The van der Waals surface area contributed by atoms with Crippen molar-refractivity contribution in [2.75, 3.05) is 0 Å². The Morgan fingerprint density at radius 3 is 2.31 bits per heavy atom. The van der Waals surface area contributed by atoms with E-state index in [4.69, 9.17) is 30.2 Å². The average Bonchev–Trinajstić information content (AvgIpc) is 3.09. The monoisotopic (exact) mass is 486 g/mol. The first kappa shape index (κ1) is 21.7. The minimum Gasteiger partial charge on any atom is -0.388 e. The van der Waals surface area contributed by atoms with E-state index in [1.165, 1.54) is 36.4 Å². The van der Waals surface area contributed by atoms with Crippen LogP contribution >= 0.6 is 24.4 Å². The van der Waals surface area contributed by atoms with E-state index in [2.05, 4.69) is 15.0 Å². The molecule has 10 nitrogen and oxygen atoms in total. The summed E-state index contributed by atoms with van der Waals surface area (Å²) in [7, 11) is -4.11. The lowest BCUT2D eigenvalue weighted by Gasteiger charge is -2.09. The molecule has 162 valence electrons. The second kappa shape index (κ2) is 7.85. The number of benzene rings is 2. The number of imidazole rings is 1. The van der Waals surface area contributed by atoms with E-state index in [9.17, 15) is 18.5 Å². The van der Waals surface area contributed by atoms with Gasteiger partial charge < -0.3 is 10.7 Å². The van der Waals surface area contributed by atoms with E-state index in [0.29, 0.717) is 5.56 Å². The van der Waals surface area contributed by atoms with Gasteiger partial charge in [-0.2, -0.15) is 3.97 Å². The van der Waals surface area contributed by atoms with E-state index in [1.807, 2.05) is 6.92 Å². The van der Waals surface area contributed by atoms with Gasteiger partial charge in [-0.15, -0.1) is 0 Å². The molecule has 2 aromatic heterocycles. The van der Waals surface area contributed by atoms with Crippen LogP contribution in [0.4, 0.5) is 5.69 Å². The third kappa shape index (κ3) is 3.66. The topological polar surface area (TPSA) is 150 Å². The Hall–Kier alpha value is -3.55. The largest absolute Gasteiger partial charge is 0.388 e. The van der Waals surface area contributed by atoms with Crippen LogP contribution in [0.25, 0.3) is 22.6 Å². The second-order valence-electron chi connectivity index (χ2n) is 6.78. The van der Waals surface area contributed by atoms with Crippen LogP contribution < -0.4 is 5.73 Å². The smallest absolute Gasteiger partial charge is 0.271 e. The van der Waals surface area contributed by atoms with Crippen LogP contribution in [0, 0.1) is 21.8 Å². The molecule has 2 aromatic carbocycles. The number of aromatic amines is 1. The molecule has 0 aliphatic heterocycles. The number of aryl methyl sites for hydroxylation is 1. The van der Waals surface area contributed by atoms with Crippen molar-refractivity contribution >= 4 is 56.3 Å². The Kier molecular flexibility index (Phi) is 5.32. The van der Waals surface area contributed by atoms with Gasteiger partial charge in [-0.25, -0.2) is 18.4 Å². The van der Waals surface area contributed by atoms with Crippen molar-refractivity contribution in [3.63, 3.8) is 0 Å². The molecule has 0 unspecified atom stereocenters. The number of nitro benzene ring substituents is 1. The molecule has 4 rings (SSSR count). The number of thiocarbonyl (C=S) groups is 1. The fourth-order valence-electron chi connectivity index (χ4n) is 3.04. The maximum absolute atomic E-state index is 13.4. The summed E-state index contributed by atoms with van der Waals surface area (Å²) in [4.78, 5) is 21.8. The maximum atomic E-state index is 13.4. The van der Waals surface area contributed by atoms with Crippen molar-refractivity contribution < 1.29 is 13.3 Å². The molecule has 0 amide bonds. The van der Waals surface area contributed by atoms with Gasteiger partial charge in [0.15, 0.2) is 16.2 Å². The third-order valence-electron chi connectivity index (χ3n) is 4.63. The highest BCUT2D eigenvalue weighted by molar-refractivity contribution is 7.90. The van der Waals surface area contributed by atoms with Gasteiger partial charge in [0.05, 0.1) is 9.82 Å². The third-order valence-corrected chi connectivity index (χ3v) is 6.93. The molecule has 0 radical (unpaired) electrons. The van der Waals surface area contributed by atoms with Gasteiger partial charge in [-0.3, -0.25) is 10.1 Å². The number of hydrogen-bond acceptors (Lipinski definition) is 8. The van der Waals surface area contributed by atoms with Gasteiger partial charge in [0.2, 0.25) is 0 Å². The van der Waals surface area contributed by atoms with E-state index in [-0.39, 0.29) is 43.0 Å². The number of nitrogens with two attached hydrogens (primary N) is 1. The quantitative estimate of drug-likeness (QED) is 0.246. The van der Waals surface area contributed by atoms with Crippen LogP contribution in [-0.2, 0) is 10.0 Å². The molecule has 13 heteroatoms. The zero-order chi connectivity index (χ0) is 23.2. The Bertz CT molecular complexity index is 1560. The van der Waals surface area contributed by atoms with Crippen LogP contribution in [0.3, 0.4) is 0 Å². The molecule has 0 atom stereocenters. The van der Waals surface area contributed by atoms with Crippen molar-refractivity contribution in [2.45, 2.75) is 11.8 Å². The molecule has 0 spiro atoms. The van der Waals surface area contributed by atoms with E-state index in [1.54, 1.807) is 12.1 Å². The number of nitrogens with zero attached hydrogens (tertiary/aromatic N) is 4. The lowest BCUT2D eigenvalue weighted by molar-refractivity contribution is -0.384. The summed E-state index contributed by atoms with van der Waals surface area (Å²) < 4.78 is 27.5. The van der Waals surface area contributed by atoms with Crippen LogP contribution in [0.15, 0.2) is 53.4 Å². The molecule has 0 aliphatic rings. The molecule has 0 fully saturated rings. The summed E-state index contributed by atoms with van der Waals surface area (Å²) >= 11 is 10.4. The number of nitro groups is 1. The standard InChI is InChI=1S/C19H14N6O4S3/c1-10-2-8-13(9-3-10)32(28,29)24-18-15(22-19(24)31)14(16(20)30)21-17(23-18)11-4-6-12(7-5-11)25(26)27/h2-9H,1H3,(H2,20,30)(H,22,31). The molecular weight excluding hydrogens is 472 g/mol. The number of fused-ring (bicyclic) bond motifs is 1. The number of H-pyrrole nitrogens is 1. The molecule has 3 N–H and O–H groups in total. The molecule has 2 heterocycles. The SMILES string of the molecule is Cc1ccc(S(=O)(=O)n2c(=S)[nH]c3c(C(N)=S)nc(-c4ccc([N+](=O)[O-])cc4)nc32)cc1. The van der Waals surface area contributed by atoms with Gasteiger partial charge >= 0.3 is 0 Å². The summed E-state index contributed by atoms with van der Waals surface area (Å²) in [5, 5.41) is 10.9. The molecule has 32 heavy (non-hydrogen) atoms. The fourth-order valence-corrected chi connectivity index (χ4v) is 4.99. The number of nitrogens with one attached hydrogen (secondary N) is 1. The zero-order valence-electron chi connectivity index (χ0n) is 16.3. The normalized spacial score (nSPS) is 11.5. The van der Waals surface area contributed by atoms with Gasteiger partial charge in [0.25, 0.3) is 15.7 Å². The first-order valence-electron chi connectivity index (χ1n) is 8.99. The summed E-state index contributed by atoms with van der Waals surface area (Å²) in [5.41, 5.74) is 7.24. The van der Waals surface area contributed by atoms with Crippen molar-refractivity contribution in [2.24, 2.45) is 5.73 Å². The Balaban J connectivity index is 2.00. The highest BCUT2D eigenvalue weighted by atomic mass is 32.2. The molecule has 0 saturated carbocycles. The average molecular weight is 487 g/mol. The molecular formula is C19H14N6O4S3. The lowest BCUT2D eigenvalue weighted by atomic mass is 10.2. The lowest BCUT2D eigenvalue weighted by Crippen LogP contribution is -2.16. The van der Waals surface area contributed by atoms with Crippen LogP contribution in [0.5, 0.6) is 0 Å². The Morgan fingerprint density at radius 1 is 1.12 bits per heavy atom. The van der Waals surface area contributed by atoms with Crippen molar-refractivity contribution in [1.82, 2.24) is 18.9 Å². The van der Waals surface area contributed by atoms with Gasteiger partial charge in [0, 0.05) is 17.7 Å². The van der Waals surface area contributed by atoms with Crippen LogP contribution in [0.1, 0.15) is 11.3 Å². The highest BCUT2D eigenvalue weighted by Crippen LogP contribution is 2.26. The minimum atomic E-state index is -4.11. The first-order chi connectivity index (χ1) is 15.1. The van der Waals surface area contributed by atoms with E-state index in [0.717, 1.165) is 9.54 Å². The number of hydrogen-bond donors (Lipinski definition) is 2. The summed E-state index contributed by atoms with van der Waals surface area (Å²) in [5.74, 6) is 0.0806. The molecule has 0 aliphatic carbocycles. The van der Waals surface area contributed by atoms with Gasteiger partial charge in [0.1, 0.15) is 16.2 Å². The molecule has 0 bridgehead atoms. The summed E-state index contributed by atoms with van der Waals surface area (Å²) in [6.07, 6.45) is 0. The molecule has 4 aromatic rings. The van der Waals surface area contributed by atoms with E-state index < -0.39 is 14.9 Å². The minimum absolute atomic E-state index is 0.0208. The fraction of sp³-hybridized carbons (Fsp3) is 0.0526. The van der Waals surface area contributed by atoms with Gasteiger partial charge in [-0.05, 0) is 43.4 Å².